The van der Waals surface area contributed by atoms with Gasteiger partial charge in [-0.25, -0.2) is 0 Å². The number of hydrogen-bond donors (Lipinski definition) is 2. The van der Waals surface area contributed by atoms with Gasteiger partial charge in [-0.15, -0.1) is 0 Å². The summed E-state index contributed by atoms with van der Waals surface area (Å²) in [4.78, 5) is 26.0. The molecule has 0 radical (unpaired) electrons. The second-order valence-electron chi connectivity index (χ2n) is 7.26. The number of piperidine rings is 1. The molecule has 1 saturated heterocycles. The minimum Gasteiger partial charge on any atom is -0.355 e. The molecule has 126 valence electrons. The Bertz CT molecular complexity index is 399. The van der Waals surface area contributed by atoms with Gasteiger partial charge in [0, 0.05) is 38.0 Å². The quantitative estimate of drug-likeness (QED) is 0.747. The number of rotatable bonds is 7. The zero-order valence-corrected chi connectivity index (χ0v) is 14.2. The zero-order chi connectivity index (χ0) is 16.1. The summed E-state index contributed by atoms with van der Waals surface area (Å²) in [6.07, 6.45) is 3.93. The average Bonchev–Trinajstić information content (AvgIpc) is 3.21. The van der Waals surface area contributed by atoms with Crippen LogP contribution in [-0.2, 0) is 9.59 Å². The summed E-state index contributed by atoms with van der Waals surface area (Å²) in [5.41, 5.74) is 0. The normalized spacial score (nSPS) is 29.7. The highest BCUT2D eigenvalue weighted by Gasteiger charge is 2.38. The van der Waals surface area contributed by atoms with Gasteiger partial charge in [-0.05, 0) is 44.6 Å². The first-order chi connectivity index (χ1) is 10.5. The van der Waals surface area contributed by atoms with Gasteiger partial charge in [-0.1, -0.05) is 13.8 Å². The molecule has 5 heteroatoms. The first-order valence-corrected chi connectivity index (χ1v) is 8.75. The molecule has 0 aromatic rings. The molecule has 0 bridgehead atoms. The van der Waals surface area contributed by atoms with E-state index in [9.17, 15) is 9.59 Å². The Labute approximate surface area is 134 Å². The van der Waals surface area contributed by atoms with Crippen molar-refractivity contribution in [2.24, 2.45) is 17.8 Å². The van der Waals surface area contributed by atoms with Crippen molar-refractivity contribution in [3.8, 4) is 0 Å². The zero-order valence-electron chi connectivity index (χ0n) is 14.2. The second kappa shape index (κ2) is 7.95. The number of carbonyl (C=O) groups excluding carboxylic acids is 2. The third-order valence-corrected chi connectivity index (χ3v) is 5.00. The molecule has 0 aromatic carbocycles. The van der Waals surface area contributed by atoms with Gasteiger partial charge in [-0.3, -0.25) is 14.5 Å². The molecule has 0 aromatic heterocycles. The van der Waals surface area contributed by atoms with Crippen molar-refractivity contribution in [1.82, 2.24) is 15.5 Å². The molecule has 0 unspecified atom stereocenters. The predicted octanol–water partition coefficient (Wildman–Crippen LogP) is 1.39. The van der Waals surface area contributed by atoms with E-state index in [4.69, 9.17) is 0 Å². The first-order valence-electron chi connectivity index (χ1n) is 8.75. The number of amides is 2. The van der Waals surface area contributed by atoms with E-state index in [0.29, 0.717) is 31.5 Å². The van der Waals surface area contributed by atoms with E-state index in [0.717, 1.165) is 25.4 Å². The number of hydrogen-bond acceptors (Lipinski definition) is 3. The highest BCUT2D eigenvalue weighted by atomic mass is 16.2. The number of carbonyl (C=O) groups is 2. The van der Waals surface area contributed by atoms with Crippen LogP contribution in [-0.4, -0.2) is 48.9 Å². The molecule has 2 aliphatic rings. The number of nitrogens with one attached hydrogen (secondary N) is 2. The van der Waals surface area contributed by atoms with Gasteiger partial charge < -0.3 is 10.6 Å². The number of likely N-dealkylation sites (tertiary alicyclic amines) is 1. The van der Waals surface area contributed by atoms with Gasteiger partial charge in [0.2, 0.25) is 11.8 Å². The molecule has 2 amide bonds. The van der Waals surface area contributed by atoms with Crippen LogP contribution in [0.25, 0.3) is 0 Å². The predicted molar refractivity (Wildman–Crippen MR) is 87.3 cm³/mol. The Kier molecular flexibility index (Phi) is 6.24. The Morgan fingerprint density at radius 3 is 2.64 bits per heavy atom. The molecular formula is C17H31N3O2. The van der Waals surface area contributed by atoms with Crippen LogP contribution >= 0.6 is 0 Å². The summed E-state index contributed by atoms with van der Waals surface area (Å²) in [5, 5.41) is 5.84. The van der Waals surface area contributed by atoms with Crippen LogP contribution < -0.4 is 10.6 Å². The molecule has 2 fully saturated rings. The molecule has 1 heterocycles. The summed E-state index contributed by atoms with van der Waals surface area (Å²) in [7, 11) is 0. The minimum atomic E-state index is 0.0288. The van der Waals surface area contributed by atoms with Gasteiger partial charge in [0.1, 0.15) is 0 Å². The molecule has 22 heavy (non-hydrogen) atoms. The molecule has 1 saturated carbocycles. The van der Waals surface area contributed by atoms with Crippen molar-refractivity contribution < 1.29 is 9.59 Å². The first kappa shape index (κ1) is 17.3. The van der Waals surface area contributed by atoms with Crippen LogP contribution in [0, 0.1) is 17.8 Å². The molecule has 2 N–H and O–H groups in total. The Hall–Kier alpha value is -1.10. The van der Waals surface area contributed by atoms with Crippen molar-refractivity contribution in [2.45, 2.75) is 52.5 Å². The van der Waals surface area contributed by atoms with Crippen molar-refractivity contribution in [3.63, 3.8) is 0 Å². The summed E-state index contributed by atoms with van der Waals surface area (Å²) in [5.74, 6) is 1.59. The van der Waals surface area contributed by atoms with Crippen LogP contribution in [0.2, 0.25) is 0 Å². The molecule has 4 atom stereocenters. The summed E-state index contributed by atoms with van der Waals surface area (Å²) < 4.78 is 0. The smallest absolute Gasteiger partial charge is 0.223 e. The van der Waals surface area contributed by atoms with Gasteiger partial charge in [-0.2, -0.15) is 0 Å². The van der Waals surface area contributed by atoms with Crippen molar-refractivity contribution in [1.29, 1.82) is 0 Å². The lowest BCUT2D eigenvalue weighted by molar-refractivity contribution is -0.123. The topological polar surface area (TPSA) is 61.4 Å². The van der Waals surface area contributed by atoms with Crippen molar-refractivity contribution in [2.75, 3.05) is 26.2 Å². The third kappa shape index (κ3) is 5.27. The highest BCUT2D eigenvalue weighted by molar-refractivity contribution is 5.82. The molecular weight excluding hydrogens is 278 g/mol. The maximum absolute atomic E-state index is 11.8. The fourth-order valence-electron chi connectivity index (χ4n) is 3.22. The van der Waals surface area contributed by atoms with E-state index in [-0.39, 0.29) is 17.7 Å². The van der Waals surface area contributed by atoms with E-state index in [1.54, 1.807) is 0 Å². The van der Waals surface area contributed by atoms with Crippen molar-refractivity contribution >= 4 is 11.8 Å². The van der Waals surface area contributed by atoms with Crippen LogP contribution in [0.15, 0.2) is 0 Å². The van der Waals surface area contributed by atoms with E-state index < -0.39 is 0 Å². The average molecular weight is 309 g/mol. The second-order valence-corrected chi connectivity index (χ2v) is 7.26. The summed E-state index contributed by atoms with van der Waals surface area (Å²) in [6.45, 7) is 9.96. The fourth-order valence-corrected chi connectivity index (χ4v) is 3.22. The lowest BCUT2D eigenvalue weighted by Crippen LogP contribution is -2.46. The number of nitrogens with zero attached hydrogens (tertiary/aromatic N) is 1. The van der Waals surface area contributed by atoms with Crippen LogP contribution in [0.4, 0.5) is 0 Å². The Morgan fingerprint density at radius 1 is 1.27 bits per heavy atom. The van der Waals surface area contributed by atoms with Crippen LogP contribution in [0.5, 0.6) is 0 Å². The summed E-state index contributed by atoms with van der Waals surface area (Å²) >= 11 is 0. The molecule has 1 aliphatic carbocycles. The van der Waals surface area contributed by atoms with E-state index >= 15 is 0 Å². The van der Waals surface area contributed by atoms with Gasteiger partial charge in [0.05, 0.1) is 0 Å². The van der Waals surface area contributed by atoms with Gasteiger partial charge in [0.15, 0.2) is 0 Å². The maximum atomic E-state index is 11.8. The van der Waals surface area contributed by atoms with Gasteiger partial charge >= 0.3 is 0 Å². The van der Waals surface area contributed by atoms with Crippen LogP contribution in [0.1, 0.15) is 46.5 Å². The van der Waals surface area contributed by atoms with Crippen molar-refractivity contribution in [3.05, 3.63) is 0 Å². The van der Waals surface area contributed by atoms with E-state index in [1.807, 2.05) is 0 Å². The third-order valence-electron chi connectivity index (χ3n) is 5.00. The van der Waals surface area contributed by atoms with E-state index in [2.05, 4.69) is 36.3 Å². The Balaban J connectivity index is 1.56. The lowest BCUT2D eigenvalue weighted by atomic mass is 9.99. The molecule has 5 nitrogen and oxygen atoms in total. The van der Waals surface area contributed by atoms with Crippen LogP contribution in [0.3, 0.4) is 0 Å². The lowest BCUT2D eigenvalue weighted by Gasteiger charge is -2.35. The molecule has 1 aliphatic heterocycles. The molecule has 2 rings (SSSR count). The minimum absolute atomic E-state index is 0.0288. The maximum Gasteiger partial charge on any atom is 0.223 e. The SMILES string of the molecule is C[C@@H]1CCCN([C@H](C)CNC(=O)CCNC(=O)[C@@H]2C[C@H]2C)C1. The Morgan fingerprint density at radius 2 is 2.00 bits per heavy atom. The summed E-state index contributed by atoms with van der Waals surface area (Å²) in [6, 6.07) is 0.383. The monoisotopic (exact) mass is 309 g/mol. The largest absolute Gasteiger partial charge is 0.355 e. The molecule has 0 spiro atoms. The standard InChI is InChI=1S/C17H31N3O2/c1-12-5-4-8-20(11-12)14(3)10-19-16(21)6-7-18-17(22)15-9-13(15)2/h12-15H,4-11H2,1-3H3,(H,18,22)(H,19,21)/t12-,13-,14-,15-/m1/s1. The fraction of sp³-hybridized carbons (Fsp3) is 0.882. The van der Waals surface area contributed by atoms with E-state index in [1.165, 1.54) is 12.8 Å². The highest BCUT2D eigenvalue weighted by Crippen LogP contribution is 2.37. The van der Waals surface area contributed by atoms with Gasteiger partial charge in [0.25, 0.3) is 0 Å².